The summed E-state index contributed by atoms with van der Waals surface area (Å²) < 4.78 is 5.65. The quantitative estimate of drug-likeness (QED) is 0.758. The third-order valence-corrected chi connectivity index (χ3v) is 5.34. The van der Waals surface area contributed by atoms with Crippen LogP contribution in [0.2, 0.25) is 0 Å². The molecule has 1 amide bonds. The number of fused-ring (bicyclic) bond motifs is 3. The zero-order valence-electron chi connectivity index (χ0n) is 14.8. The minimum Gasteiger partial charge on any atom is -0.481 e. The molecule has 136 valence electrons. The first-order valence-corrected chi connectivity index (χ1v) is 8.87. The second-order valence-corrected chi connectivity index (χ2v) is 7.22. The van der Waals surface area contributed by atoms with Crippen molar-refractivity contribution >= 4 is 11.7 Å². The highest BCUT2D eigenvalue weighted by Gasteiger charge is 2.45. The molecule has 2 bridgehead atoms. The van der Waals surface area contributed by atoms with Crippen LogP contribution in [0.4, 0.5) is 0 Å². The lowest BCUT2D eigenvalue weighted by Gasteiger charge is -2.50. The maximum Gasteiger partial charge on any atom is 0.260 e. The van der Waals surface area contributed by atoms with Crippen molar-refractivity contribution in [1.29, 1.82) is 0 Å². The van der Waals surface area contributed by atoms with Crippen molar-refractivity contribution in [3.8, 4) is 5.75 Å². The largest absolute Gasteiger partial charge is 0.481 e. The molecule has 0 unspecified atom stereocenters. The predicted octanol–water partition coefficient (Wildman–Crippen LogP) is 1.23. The molecule has 4 rings (SSSR count). The maximum absolute atomic E-state index is 12.3. The van der Waals surface area contributed by atoms with Crippen LogP contribution in [0.3, 0.4) is 0 Å². The molecule has 2 atom stereocenters. The number of carbonyl (C=O) groups excluding carboxylic acids is 2. The second-order valence-electron chi connectivity index (χ2n) is 7.22. The minimum atomic E-state index is -0.847. The highest BCUT2D eigenvalue weighted by atomic mass is 16.5. The molecule has 0 saturated carbocycles. The van der Waals surface area contributed by atoms with Gasteiger partial charge in [0.05, 0.1) is 5.60 Å². The van der Waals surface area contributed by atoms with Gasteiger partial charge in [0.2, 0.25) is 0 Å². The number of ketones is 1. The lowest BCUT2D eigenvalue weighted by Crippen LogP contribution is -2.63. The van der Waals surface area contributed by atoms with E-state index in [4.69, 9.17) is 4.74 Å². The maximum atomic E-state index is 12.3. The molecule has 3 aliphatic heterocycles. The van der Waals surface area contributed by atoms with Gasteiger partial charge in [-0.05, 0) is 57.8 Å². The van der Waals surface area contributed by atoms with Crippen LogP contribution in [-0.4, -0.2) is 59.6 Å². The predicted molar refractivity (Wildman–Crippen MR) is 93.7 cm³/mol. The summed E-state index contributed by atoms with van der Waals surface area (Å²) in [6.07, 6.45) is 1.26. The van der Waals surface area contributed by atoms with Crippen LogP contribution in [0.25, 0.3) is 0 Å². The van der Waals surface area contributed by atoms with E-state index in [9.17, 15) is 14.7 Å². The molecule has 3 fully saturated rings. The highest BCUT2D eigenvalue weighted by molar-refractivity contribution is 5.94. The first-order chi connectivity index (χ1) is 11.9. The Bertz CT molecular complexity index is 655. The summed E-state index contributed by atoms with van der Waals surface area (Å²) in [4.78, 5) is 26.0. The molecule has 0 radical (unpaired) electrons. The molecule has 0 spiro atoms. The number of hydrogen-bond acceptors (Lipinski definition) is 5. The van der Waals surface area contributed by atoms with Gasteiger partial charge < -0.3 is 20.1 Å². The molecular formula is C19H26N2O4. The number of aliphatic hydroxyl groups is 1. The lowest BCUT2D eigenvalue weighted by atomic mass is 9.75. The van der Waals surface area contributed by atoms with Crippen molar-refractivity contribution in [2.75, 3.05) is 26.2 Å². The van der Waals surface area contributed by atoms with Crippen LogP contribution in [0.15, 0.2) is 24.3 Å². The van der Waals surface area contributed by atoms with Gasteiger partial charge in [0.1, 0.15) is 5.75 Å². The summed E-state index contributed by atoms with van der Waals surface area (Å²) in [5, 5.41) is 13.7. The van der Waals surface area contributed by atoms with Crippen LogP contribution in [-0.2, 0) is 4.79 Å². The van der Waals surface area contributed by atoms with E-state index in [1.54, 1.807) is 31.2 Å². The SMILES string of the molecule is CC(=O)c1cccc(O[C@@H](C)C(=O)NC[C@@]2(O)CN3CCC2CC3)c1. The van der Waals surface area contributed by atoms with Gasteiger partial charge in [0.25, 0.3) is 5.91 Å². The van der Waals surface area contributed by atoms with E-state index in [2.05, 4.69) is 10.2 Å². The van der Waals surface area contributed by atoms with E-state index in [0.717, 1.165) is 25.9 Å². The fraction of sp³-hybridized carbons (Fsp3) is 0.579. The Morgan fingerprint density at radius 3 is 2.72 bits per heavy atom. The number of nitrogens with zero attached hydrogens (tertiary/aromatic N) is 1. The Morgan fingerprint density at radius 1 is 1.40 bits per heavy atom. The topological polar surface area (TPSA) is 78.9 Å². The van der Waals surface area contributed by atoms with Crippen molar-refractivity contribution in [2.45, 2.75) is 38.4 Å². The average molecular weight is 346 g/mol. The number of benzene rings is 1. The molecular weight excluding hydrogens is 320 g/mol. The van der Waals surface area contributed by atoms with Crippen molar-refractivity contribution in [1.82, 2.24) is 10.2 Å². The van der Waals surface area contributed by atoms with Crippen LogP contribution in [0.1, 0.15) is 37.0 Å². The van der Waals surface area contributed by atoms with E-state index in [-0.39, 0.29) is 24.2 Å². The highest BCUT2D eigenvalue weighted by Crippen LogP contribution is 2.35. The fourth-order valence-corrected chi connectivity index (χ4v) is 3.77. The lowest BCUT2D eigenvalue weighted by molar-refractivity contribution is -0.134. The van der Waals surface area contributed by atoms with Gasteiger partial charge in [-0.25, -0.2) is 0 Å². The average Bonchev–Trinajstić information content (AvgIpc) is 2.60. The monoisotopic (exact) mass is 346 g/mol. The van der Waals surface area contributed by atoms with Gasteiger partial charge in [-0.2, -0.15) is 0 Å². The molecule has 25 heavy (non-hydrogen) atoms. The molecule has 1 aromatic rings. The van der Waals surface area contributed by atoms with E-state index < -0.39 is 11.7 Å². The van der Waals surface area contributed by atoms with Crippen LogP contribution >= 0.6 is 0 Å². The summed E-state index contributed by atoms with van der Waals surface area (Å²) in [6, 6.07) is 6.79. The minimum absolute atomic E-state index is 0.0490. The Morgan fingerprint density at radius 2 is 2.12 bits per heavy atom. The van der Waals surface area contributed by atoms with Gasteiger partial charge in [-0.3, -0.25) is 9.59 Å². The fourth-order valence-electron chi connectivity index (χ4n) is 3.77. The molecule has 0 aliphatic carbocycles. The standard InChI is InChI=1S/C19H26N2O4/c1-13(22)15-4-3-5-17(10-15)25-14(2)18(23)20-11-19(24)12-21-8-6-16(19)7-9-21/h3-5,10,14,16,24H,6-9,11-12H2,1-2H3,(H,20,23)/t14-,19+/m0/s1. The first-order valence-electron chi connectivity index (χ1n) is 8.87. The number of carbonyl (C=O) groups is 2. The smallest absolute Gasteiger partial charge is 0.260 e. The van der Waals surface area contributed by atoms with E-state index in [1.165, 1.54) is 6.92 Å². The van der Waals surface area contributed by atoms with Crippen molar-refractivity contribution in [3.05, 3.63) is 29.8 Å². The molecule has 6 heteroatoms. The Kier molecular flexibility index (Phi) is 5.11. The molecule has 3 saturated heterocycles. The normalized spacial score (nSPS) is 29.1. The number of amides is 1. The summed E-state index contributed by atoms with van der Waals surface area (Å²) in [5.41, 5.74) is -0.299. The van der Waals surface area contributed by atoms with Gasteiger partial charge >= 0.3 is 0 Å². The van der Waals surface area contributed by atoms with Crippen LogP contribution in [0, 0.1) is 5.92 Å². The van der Waals surface area contributed by atoms with E-state index >= 15 is 0 Å². The van der Waals surface area contributed by atoms with Crippen LogP contribution in [0.5, 0.6) is 5.75 Å². The Hall–Kier alpha value is -1.92. The van der Waals surface area contributed by atoms with Crippen molar-refractivity contribution in [3.63, 3.8) is 0 Å². The molecule has 2 N–H and O–H groups in total. The summed E-state index contributed by atoms with van der Waals surface area (Å²) >= 11 is 0. The number of ether oxygens (including phenoxy) is 1. The van der Waals surface area contributed by atoms with E-state index in [0.29, 0.717) is 17.9 Å². The summed E-state index contributed by atoms with van der Waals surface area (Å²) in [5.74, 6) is 0.420. The van der Waals surface area contributed by atoms with Crippen molar-refractivity contribution < 1.29 is 19.4 Å². The summed E-state index contributed by atoms with van der Waals surface area (Å²) in [7, 11) is 0. The third kappa shape index (κ3) is 4.02. The zero-order chi connectivity index (χ0) is 18.0. The molecule has 3 aliphatic rings. The van der Waals surface area contributed by atoms with Crippen molar-refractivity contribution in [2.24, 2.45) is 5.92 Å². The molecule has 3 heterocycles. The number of piperidine rings is 3. The second kappa shape index (κ2) is 7.14. The molecule has 6 nitrogen and oxygen atoms in total. The molecule has 1 aromatic carbocycles. The van der Waals surface area contributed by atoms with E-state index in [1.807, 2.05) is 0 Å². The van der Waals surface area contributed by atoms with Gasteiger partial charge in [0.15, 0.2) is 11.9 Å². The number of nitrogens with one attached hydrogen (secondary N) is 1. The van der Waals surface area contributed by atoms with Gasteiger partial charge in [0, 0.05) is 18.7 Å². The van der Waals surface area contributed by atoms with Crippen LogP contribution < -0.4 is 10.1 Å². The third-order valence-electron chi connectivity index (χ3n) is 5.34. The zero-order valence-corrected chi connectivity index (χ0v) is 14.8. The van der Waals surface area contributed by atoms with Gasteiger partial charge in [-0.1, -0.05) is 12.1 Å². The Balaban J connectivity index is 1.54. The first kappa shape index (κ1) is 17.9. The number of rotatable bonds is 6. The number of hydrogen-bond donors (Lipinski definition) is 2. The Labute approximate surface area is 148 Å². The molecule has 0 aromatic heterocycles. The van der Waals surface area contributed by atoms with Gasteiger partial charge in [-0.15, -0.1) is 0 Å². The summed E-state index contributed by atoms with van der Waals surface area (Å²) in [6.45, 7) is 6.09. The number of Topliss-reactive ketones (excluding diaryl/α,β-unsaturated/α-hetero) is 1.